The quantitative estimate of drug-likeness (QED) is 0.0161. The van der Waals surface area contributed by atoms with Gasteiger partial charge in [0.25, 0.3) is 7.82 Å². The number of rotatable bonds is 38. The highest BCUT2D eigenvalue weighted by molar-refractivity contribution is 7.45. The van der Waals surface area contributed by atoms with Crippen LogP contribution in [0.5, 0.6) is 0 Å². The Morgan fingerprint density at radius 3 is 1.81 bits per heavy atom. The zero-order chi connectivity index (χ0) is 43.7. The number of hydrogen-bond acceptors (Lipinski definition) is 9. The molecule has 0 aliphatic heterocycles. The third kappa shape index (κ3) is 42.8. The second-order valence-electron chi connectivity index (χ2n) is 15.5. The Hall–Kier alpha value is -3.11. The monoisotopic (exact) mass is 846 g/mol. The fourth-order valence-electron chi connectivity index (χ4n) is 5.22. The van der Waals surface area contributed by atoms with Gasteiger partial charge in [-0.05, 0) is 77.0 Å². The van der Waals surface area contributed by atoms with Crippen molar-refractivity contribution >= 4 is 19.8 Å². The van der Waals surface area contributed by atoms with Crippen molar-refractivity contribution in [2.75, 3.05) is 47.5 Å². The molecule has 59 heavy (non-hydrogen) atoms. The van der Waals surface area contributed by atoms with Crippen LogP contribution >= 0.6 is 7.82 Å². The Labute approximate surface area is 358 Å². The van der Waals surface area contributed by atoms with Crippen molar-refractivity contribution < 1.29 is 47.2 Å². The van der Waals surface area contributed by atoms with Gasteiger partial charge in [-0.3, -0.25) is 14.2 Å². The zero-order valence-electron chi connectivity index (χ0n) is 37.3. The molecule has 0 aromatic carbocycles. The molecule has 1 N–H and O–H groups in total. The molecule has 0 bridgehead atoms. The molecule has 10 nitrogen and oxygen atoms in total. The fraction of sp³-hybridized carbons (Fsp3) is 0.625. The minimum absolute atomic E-state index is 0.0578. The minimum Gasteiger partial charge on any atom is -0.756 e. The maximum Gasteiger partial charge on any atom is 0.306 e. The molecule has 0 amide bonds. The molecule has 0 aromatic rings. The number of quaternary nitrogens is 1. The standard InChI is InChI=1S/C48H80NO9P/c1-6-8-10-11-12-13-14-15-16-17-18-19-22-26-29-32-36-40-48(52)58-46(44-57-59(53,54)56-42-41-49(3,4)5)43-55-47(51)39-35-31-28-25-23-20-21-24-27-30-34-38-45(50)37-33-9-7-2/h8,10,12-13,15-16,18-21,25,27-28,30,34,38,45-46,50H,6-7,9,11,14,17,22-24,26,29,31-33,35-37,39-44H2,1-5H3/b10-8-,13-12-,16-15-,19-18-,21-20-,28-25-,30-27-,38-34+/t45-,46-/m1/s1. The maximum absolute atomic E-state index is 12.7. The van der Waals surface area contributed by atoms with E-state index in [-0.39, 0.29) is 32.2 Å². The molecule has 0 fully saturated rings. The highest BCUT2D eigenvalue weighted by Gasteiger charge is 2.21. The van der Waals surface area contributed by atoms with Gasteiger partial charge >= 0.3 is 11.9 Å². The van der Waals surface area contributed by atoms with Crippen molar-refractivity contribution in [3.63, 3.8) is 0 Å². The van der Waals surface area contributed by atoms with Gasteiger partial charge in [0.2, 0.25) is 0 Å². The molecule has 0 rings (SSSR count). The van der Waals surface area contributed by atoms with Gasteiger partial charge in [0, 0.05) is 12.8 Å². The van der Waals surface area contributed by atoms with Crippen molar-refractivity contribution in [3.8, 4) is 0 Å². The number of nitrogens with zero attached hydrogens (tertiary/aromatic N) is 1. The first kappa shape index (κ1) is 55.9. The van der Waals surface area contributed by atoms with Gasteiger partial charge in [-0.2, -0.15) is 0 Å². The van der Waals surface area contributed by atoms with E-state index in [4.69, 9.17) is 18.5 Å². The van der Waals surface area contributed by atoms with Crippen LogP contribution in [0.1, 0.15) is 136 Å². The smallest absolute Gasteiger partial charge is 0.306 e. The molecular weight excluding hydrogens is 766 g/mol. The molecule has 1 unspecified atom stereocenters. The lowest BCUT2D eigenvalue weighted by atomic mass is 10.1. The largest absolute Gasteiger partial charge is 0.756 e. The second kappa shape index (κ2) is 39.1. The van der Waals surface area contributed by atoms with Gasteiger partial charge in [0.15, 0.2) is 6.10 Å². The first-order valence-electron chi connectivity index (χ1n) is 22.1. The van der Waals surface area contributed by atoms with Crippen LogP contribution in [0.15, 0.2) is 97.2 Å². The van der Waals surface area contributed by atoms with Gasteiger partial charge in [-0.1, -0.05) is 143 Å². The molecule has 0 saturated heterocycles. The van der Waals surface area contributed by atoms with Gasteiger partial charge < -0.3 is 33.0 Å². The number of esters is 2. The van der Waals surface area contributed by atoms with E-state index in [1.165, 1.54) is 0 Å². The van der Waals surface area contributed by atoms with Crippen LogP contribution in [0.25, 0.3) is 0 Å². The summed E-state index contributed by atoms with van der Waals surface area (Å²) in [4.78, 5) is 37.5. The van der Waals surface area contributed by atoms with Gasteiger partial charge in [-0.15, -0.1) is 0 Å². The second-order valence-corrected chi connectivity index (χ2v) is 16.9. The number of phosphoric ester groups is 1. The Kier molecular flexibility index (Phi) is 37.0. The summed E-state index contributed by atoms with van der Waals surface area (Å²) in [6.07, 6.45) is 47.7. The third-order valence-electron chi connectivity index (χ3n) is 8.69. The number of aliphatic hydroxyl groups excluding tert-OH is 1. The van der Waals surface area contributed by atoms with Crippen LogP contribution < -0.4 is 4.89 Å². The summed E-state index contributed by atoms with van der Waals surface area (Å²) in [5, 5.41) is 9.90. The number of carbonyl (C=O) groups is 2. The van der Waals surface area contributed by atoms with Crippen molar-refractivity contribution in [1.82, 2.24) is 0 Å². The number of hydrogen-bond donors (Lipinski definition) is 1. The maximum atomic E-state index is 12.7. The fourth-order valence-corrected chi connectivity index (χ4v) is 5.95. The van der Waals surface area contributed by atoms with Crippen molar-refractivity contribution in [2.45, 2.75) is 148 Å². The Morgan fingerprint density at radius 1 is 0.644 bits per heavy atom. The van der Waals surface area contributed by atoms with E-state index in [1.54, 1.807) is 0 Å². The number of carbonyl (C=O) groups excluding carboxylic acids is 2. The van der Waals surface area contributed by atoms with Gasteiger partial charge in [0.1, 0.15) is 19.8 Å². The number of allylic oxidation sites excluding steroid dienone is 15. The lowest BCUT2D eigenvalue weighted by molar-refractivity contribution is -0.870. The highest BCUT2D eigenvalue weighted by atomic mass is 31.2. The van der Waals surface area contributed by atoms with E-state index in [1.807, 2.05) is 57.6 Å². The average molecular weight is 846 g/mol. The minimum atomic E-state index is -4.66. The Bertz CT molecular complexity index is 1340. The van der Waals surface area contributed by atoms with Crippen LogP contribution in [0.3, 0.4) is 0 Å². The topological polar surface area (TPSA) is 131 Å². The number of aliphatic hydroxyl groups is 1. The van der Waals surface area contributed by atoms with Crippen molar-refractivity contribution in [2.24, 2.45) is 0 Å². The molecule has 0 aliphatic carbocycles. The Balaban J connectivity index is 4.56. The van der Waals surface area contributed by atoms with E-state index in [0.717, 1.165) is 89.9 Å². The van der Waals surface area contributed by atoms with Crippen LogP contribution in [-0.2, 0) is 32.7 Å². The third-order valence-corrected chi connectivity index (χ3v) is 9.66. The molecule has 336 valence electrons. The van der Waals surface area contributed by atoms with E-state index >= 15 is 0 Å². The first-order chi connectivity index (χ1) is 28.4. The van der Waals surface area contributed by atoms with Crippen LogP contribution in [0.2, 0.25) is 0 Å². The lowest BCUT2D eigenvalue weighted by Gasteiger charge is -2.28. The molecular formula is C48H80NO9P. The van der Waals surface area contributed by atoms with Gasteiger partial charge in [-0.25, -0.2) is 0 Å². The van der Waals surface area contributed by atoms with E-state index in [9.17, 15) is 24.2 Å². The highest BCUT2D eigenvalue weighted by Crippen LogP contribution is 2.38. The Morgan fingerprint density at radius 2 is 1.20 bits per heavy atom. The van der Waals surface area contributed by atoms with Crippen LogP contribution in [-0.4, -0.2) is 81.2 Å². The summed E-state index contributed by atoms with van der Waals surface area (Å²) < 4.78 is 33.8. The number of likely N-dealkylation sites (N-methyl/N-ethyl adjacent to an activating group) is 1. The molecule has 3 atom stereocenters. The molecule has 0 aromatic heterocycles. The summed E-state index contributed by atoms with van der Waals surface area (Å²) in [5.74, 6) is -0.966. The molecule has 0 heterocycles. The summed E-state index contributed by atoms with van der Waals surface area (Å²) >= 11 is 0. The van der Waals surface area contributed by atoms with E-state index < -0.39 is 32.5 Å². The average Bonchev–Trinajstić information content (AvgIpc) is 3.18. The van der Waals surface area contributed by atoms with Crippen LogP contribution in [0, 0.1) is 0 Å². The summed E-state index contributed by atoms with van der Waals surface area (Å²) in [6.45, 7) is 3.85. The molecule has 0 aliphatic rings. The van der Waals surface area contributed by atoms with Gasteiger partial charge in [0.05, 0.1) is 33.9 Å². The van der Waals surface area contributed by atoms with E-state index in [0.29, 0.717) is 30.3 Å². The summed E-state index contributed by atoms with van der Waals surface area (Å²) in [6, 6.07) is 0. The van der Waals surface area contributed by atoms with Crippen molar-refractivity contribution in [1.29, 1.82) is 0 Å². The molecule has 0 radical (unpaired) electrons. The number of ether oxygens (including phenoxy) is 2. The summed E-state index contributed by atoms with van der Waals surface area (Å²) in [5.41, 5.74) is 0. The zero-order valence-corrected chi connectivity index (χ0v) is 38.2. The molecule has 11 heteroatoms. The predicted octanol–water partition coefficient (Wildman–Crippen LogP) is 10.9. The van der Waals surface area contributed by atoms with Crippen molar-refractivity contribution in [3.05, 3.63) is 97.2 Å². The summed E-state index contributed by atoms with van der Waals surface area (Å²) in [7, 11) is 1.07. The number of unbranched alkanes of at least 4 members (excludes halogenated alkanes) is 7. The molecule has 0 spiro atoms. The van der Waals surface area contributed by atoms with Crippen LogP contribution in [0.4, 0.5) is 0 Å². The lowest BCUT2D eigenvalue weighted by Crippen LogP contribution is -2.37. The first-order valence-corrected chi connectivity index (χ1v) is 23.5. The normalized spacial score (nSPS) is 15.0. The van der Waals surface area contributed by atoms with E-state index in [2.05, 4.69) is 74.6 Å². The predicted molar refractivity (Wildman–Crippen MR) is 241 cm³/mol. The SMILES string of the molecule is CC/C=C\C/C=C\C/C=C\C/C=C\CCCCCCC(=O)O[C@H](COC(=O)CCC/C=C\C/C=C\C/C=C\C=C\[C@H](O)CCCCC)COP(=O)([O-])OCC[N+](C)(C)C. The number of phosphoric acid groups is 1. The molecule has 0 saturated carbocycles.